The van der Waals surface area contributed by atoms with E-state index in [1.54, 1.807) is 31.2 Å². The number of hydrogen-bond donors (Lipinski definition) is 0. The molecule has 0 radical (unpaired) electrons. The summed E-state index contributed by atoms with van der Waals surface area (Å²) >= 11 is 0. The Balaban J connectivity index is 0.000000204. The van der Waals surface area contributed by atoms with Gasteiger partial charge < -0.3 is 0 Å². The monoisotopic (exact) mass is 267 g/mol. The highest BCUT2D eigenvalue weighted by atomic mass is 16.1. The van der Waals surface area contributed by atoms with E-state index in [9.17, 15) is 9.59 Å². The topological polar surface area (TPSA) is 82.9 Å². The van der Waals surface area contributed by atoms with Crippen LogP contribution in [0.2, 0.25) is 0 Å². The van der Waals surface area contributed by atoms with Crippen LogP contribution < -0.4 is 0 Å². The quantitative estimate of drug-likeness (QED) is 0.272. The Labute approximate surface area is 116 Å². The average Bonchev–Trinajstić information content (AvgIpc) is 2.50. The molecule has 0 atom stereocenters. The van der Waals surface area contributed by atoms with Crippen molar-refractivity contribution >= 4 is 17.8 Å². The van der Waals surface area contributed by atoms with Crippen LogP contribution in [-0.2, 0) is 0 Å². The van der Waals surface area contributed by atoms with E-state index < -0.39 is 0 Å². The number of benzene rings is 2. The standard InChI is InChI=1S/C8H8O.C7H5N3O/c1-7(9)8-5-3-2-4-6-8;8-10-9-7-4-2-1-3-6(7)5-11/h2-6H,1H3;1-5H. The fourth-order valence-electron chi connectivity index (χ4n) is 1.40. The van der Waals surface area contributed by atoms with Gasteiger partial charge in [-0.2, -0.15) is 0 Å². The van der Waals surface area contributed by atoms with Crippen molar-refractivity contribution in [3.63, 3.8) is 0 Å². The normalized spacial score (nSPS) is 8.65. The van der Waals surface area contributed by atoms with Crippen molar-refractivity contribution in [2.24, 2.45) is 5.11 Å². The fraction of sp³-hybridized carbons (Fsp3) is 0.0667. The maximum atomic E-state index is 10.6. The molecule has 0 aliphatic carbocycles. The van der Waals surface area contributed by atoms with Gasteiger partial charge in [-0.05, 0) is 12.5 Å². The second-order valence-corrected chi connectivity index (χ2v) is 3.79. The first-order valence-electron chi connectivity index (χ1n) is 5.84. The third kappa shape index (κ3) is 4.76. The molecule has 0 saturated carbocycles. The van der Waals surface area contributed by atoms with Crippen LogP contribution in [-0.4, -0.2) is 12.1 Å². The van der Waals surface area contributed by atoms with Gasteiger partial charge in [0.2, 0.25) is 0 Å². The maximum Gasteiger partial charge on any atom is 0.159 e. The lowest BCUT2D eigenvalue weighted by molar-refractivity contribution is 0.101. The van der Waals surface area contributed by atoms with Crippen molar-refractivity contribution in [2.45, 2.75) is 6.92 Å². The van der Waals surface area contributed by atoms with Crippen LogP contribution in [0.1, 0.15) is 27.6 Å². The third-order valence-corrected chi connectivity index (χ3v) is 2.40. The highest BCUT2D eigenvalue weighted by Gasteiger charge is 1.94. The summed E-state index contributed by atoms with van der Waals surface area (Å²) < 4.78 is 0. The van der Waals surface area contributed by atoms with Crippen molar-refractivity contribution in [3.05, 3.63) is 76.2 Å². The predicted octanol–water partition coefficient (Wildman–Crippen LogP) is 4.33. The van der Waals surface area contributed by atoms with Crippen LogP contribution in [0.4, 0.5) is 5.69 Å². The number of aldehydes is 1. The van der Waals surface area contributed by atoms with E-state index in [0.29, 0.717) is 17.5 Å². The van der Waals surface area contributed by atoms with Crippen molar-refractivity contribution in [3.8, 4) is 0 Å². The molecule has 20 heavy (non-hydrogen) atoms. The molecule has 0 aliphatic heterocycles. The van der Waals surface area contributed by atoms with Crippen LogP contribution in [0.5, 0.6) is 0 Å². The van der Waals surface area contributed by atoms with E-state index in [4.69, 9.17) is 5.53 Å². The van der Waals surface area contributed by atoms with Gasteiger partial charge in [-0.3, -0.25) is 9.59 Å². The van der Waals surface area contributed by atoms with E-state index in [1.165, 1.54) is 0 Å². The molecule has 0 aliphatic rings. The van der Waals surface area contributed by atoms with Gasteiger partial charge in [0.05, 0.1) is 0 Å². The molecule has 5 nitrogen and oxygen atoms in total. The van der Waals surface area contributed by atoms with Crippen LogP contribution in [0.15, 0.2) is 59.7 Å². The molecule has 0 saturated heterocycles. The summed E-state index contributed by atoms with van der Waals surface area (Å²) in [5, 5.41) is 3.33. The smallest absolute Gasteiger partial charge is 0.159 e. The number of Topliss-reactive ketones (excluding diaryl/α,β-unsaturated/α-hetero) is 1. The Morgan fingerprint density at radius 1 is 1.10 bits per heavy atom. The van der Waals surface area contributed by atoms with Gasteiger partial charge in [-0.25, -0.2) is 0 Å². The van der Waals surface area contributed by atoms with Gasteiger partial charge >= 0.3 is 0 Å². The van der Waals surface area contributed by atoms with Gasteiger partial charge in [0.25, 0.3) is 0 Å². The predicted molar refractivity (Wildman–Crippen MR) is 77.1 cm³/mol. The summed E-state index contributed by atoms with van der Waals surface area (Å²) in [7, 11) is 0. The number of azide groups is 1. The molecule has 0 heterocycles. The summed E-state index contributed by atoms with van der Waals surface area (Å²) in [5.41, 5.74) is 9.63. The van der Waals surface area contributed by atoms with Crippen molar-refractivity contribution < 1.29 is 9.59 Å². The first-order chi connectivity index (χ1) is 9.69. The Bertz CT molecular complexity index is 633. The number of carbonyl (C=O) groups is 2. The zero-order chi connectivity index (χ0) is 14.8. The molecular formula is C15H13N3O2. The number of ketones is 1. The molecule has 100 valence electrons. The summed E-state index contributed by atoms with van der Waals surface area (Å²) in [6, 6.07) is 15.8. The summed E-state index contributed by atoms with van der Waals surface area (Å²) in [6.07, 6.45) is 0.657. The Morgan fingerprint density at radius 3 is 2.20 bits per heavy atom. The number of carbonyl (C=O) groups excluding carboxylic acids is 2. The molecule has 2 rings (SSSR count). The van der Waals surface area contributed by atoms with E-state index >= 15 is 0 Å². The zero-order valence-corrected chi connectivity index (χ0v) is 10.9. The zero-order valence-electron chi connectivity index (χ0n) is 10.9. The lowest BCUT2D eigenvalue weighted by atomic mass is 10.2. The minimum atomic E-state index is 0.121. The van der Waals surface area contributed by atoms with Crippen LogP contribution in [0.25, 0.3) is 10.4 Å². The largest absolute Gasteiger partial charge is 0.298 e. The molecule has 5 heteroatoms. The maximum absolute atomic E-state index is 10.6. The highest BCUT2D eigenvalue weighted by molar-refractivity contribution is 5.93. The number of rotatable bonds is 3. The summed E-state index contributed by atoms with van der Waals surface area (Å²) in [6.45, 7) is 1.56. The molecule has 0 unspecified atom stereocenters. The molecule has 2 aromatic rings. The van der Waals surface area contributed by atoms with Crippen LogP contribution in [0.3, 0.4) is 0 Å². The first-order valence-corrected chi connectivity index (χ1v) is 5.84. The minimum Gasteiger partial charge on any atom is -0.298 e. The summed E-state index contributed by atoms with van der Waals surface area (Å²) in [4.78, 5) is 23.5. The molecular weight excluding hydrogens is 254 g/mol. The van der Waals surface area contributed by atoms with E-state index in [2.05, 4.69) is 10.0 Å². The Hall–Kier alpha value is -2.91. The van der Waals surface area contributed by atoms with E-state index in [-0.39, 0.29) is 5.78 Å². The van der Waals surface area contributed by atoms with Gasteiger partial charge in [0, 0.05) is 21.7 Å². The van der Waals surface area contributed by atoms with Gasteiger partial charge in [0.15, 0.2) is 12.1 Å². The summed E-state index contributed by atoms with van der Waals surface area (Å²) in [5.74, 6) is 0.121. The van der Waals surface area contributed by atoms with Crippen molar-refractivity contribution in [1.82, 2.24) is 0 Å². The van der Waals surface area contributed by atoms with Gasteiger partial charge in [0.1, 0.15) is 0 Å². The number of nitrogens with zero attached hydrogens (tertiary/aromatic N) is 3. The molecule has 0 spiro atoms. The van der Waals surface area contributed by atoms with Crippen molar-refractivity contribution in [1.29, 1.82) is 0 Å². The second kappa shape index (κ2) is 8.24. The second-order valence-electron chi connectivity index (χ2n) is 3.79. The van der Waals surface area contributed by atoms with Crippen LogP contribution >= 0.6 is 0 Å². The van der Waals surface area contributed by atoms with E-state index in [1.807, 2.05) is 30.3 Å². The molecule has 0 amide bonds. The Kier molecular flexibility index (Phi) is 6.24. The van der Waals surface area contributed by atoms with Crippen LogP contribution in [0, 0.1) is 0 Å². The number of hydrogen-bond acceptors (Lipinski definition) is 3. The molecule has 0 aromatic heterocycles. The third-order valence-electron chi connectivity index (χ3n) is 2.40. The van der Waals surface area contributed by atoms with Gasteiger partial charge in [-0.15, -0.1) is 0 Å². The minimum absolute atomic E-state index is 0.121. The van der Waals surface area contributed by atoms with E-state index in [0.717, 1.165) is 5.56 Å². The lowest BCUT2D eigenvalue weighted by Gasteiger charge is -1.92. The SMILES string of the molecule is CC(=O)c1ccccc1.[N-]=[N+]=Nc1ccccc1C=O. The van der Waals surface area contributed by atoms with Gasteiger partial charge in [-0.1, -0.05) is 59.7 Å². The lowest BCUT2D eigenvalue weighted by Crippen LogP contribution is -1.88. The molecule has 0 fully saturated rings. The average molecular weight is 267 g/mol. The molecule has 0 bridgehead atoms. The molecule has 0 N–H and O–H groups in total. The Morgan fingerprint density at radius 2 is 1.70 bits per heavy atom. The molecule has 2 aromatic carbocycles. The van der Waals surface area contributed by atoms with Crippen molar-refractivity contribution in [2.75, 3.05) is 0 Å². The fourth-order valence-corrected chi connectivity index (χ4v) is 1.40. The first kappa shape index (κ1) is 15.1. The highest BCUT2D eigenvalue weighted by Crippen LogP contribution is 2.15.